The summed E-state index contributed by atoms with van der Waals surface area (Å²) in [6.07, 6.45) is 0.910. The van der Waals surface area contributed by atoms with Gasteiger partial charge in [-0.3, -0.25) is 9.59 Å². The lowest BCUT2D eigenvalue weighted by Crippen LogP contribution is -2.26. The van der Waals surface area contributed by atoms with Gasteiger partial charge in [-0.25, -0.2) is 0 Å². The molecule has 0 heterocycles. The van der Waals surface area contributed by atoms with Crippen molar-refractivity contribution in [2.75, 3.05) is 5.32 Å². The number of hydrogen-bond acceptors (Lipinski definition) is 3. The largest absolute Gasteiger partial charge is 0.435 e. The Labute approximate surface area is 162 Å². The standard InChI is InChI=1S/C21H22F2N2O3/c1-12-10-18(12)20(27)25-16-8-6-14(7-9-16)19(26)24-13(2)15-4-3-5-17(11-15)28-21(22)23/h3-9,11-13,18,21H,10H2,1-2H3,(H,24,26)(H,25,27). The molecule has 0 aromatic heterocycles. The number of alkyl halides is 2. The summed E-state index contributed by atoms with van der Waals surface area (Å²) in [4.78, 5) is 24.4. The molecule has 0 bridgehead atoms. The number of ether oxygens (including phenoxy) is 1. The number of hydrogen-bond donors (Lipinski definition) is 2. The molecule has 1 fully saturated rings. The second-order valence-electron chi connectivity index (χ2n) is 7.03. The van der Waals surface area contributed by atoms with Gasteiger partial charge in [-0.1, -0.05) is 19.1 Å². The van der Waals surface area contributed by atoms with Gasteiger partial charge in [0.25, 0.3) is 5.91 Å². The van der Waals surface area contributed by atoms with Crippen LogP contribution in [0.2, 0.25) is 0 Å². The molecule has 1 aliphatic rings. The molecule has 7 heteroatoms. The quantitative estimate of drug-likeness (QED) is 0.740. The summed E-state index contributed by atoms with van der Waals surface area (Å²) in [6, 6.07) is 12.4. The third kappa shape index (κ3) is 5.06. The van der Waals surface area contributed by atoms with Crippen LogP contribution < -0.4 is 15.4 Å². The molecule has 2 amide bonds. The van der Waals surface area contributed by atoms with Crippen molar-refractivity contribution in [2.24, 2.45) is 11.8 Å². The van der Waals surface area contributed by atoms with Crippen molar-refractivity contribution >= 4 is 17.5 Å². The Hall–Kier alpha value is -2.96. The number of carbonyl (C=O) groups excluding carboxylic acids is 2. The molecule has 2 aromatic carbocycles. The highest BCUT2D eigenvalue weighted by Crippen LogP contribution is 2.38. The van der Waals surface area contributed by atoms with E-state index in [1.165, 1.54) is 12.1 Å². The topological polar surface area (TPSA) is 67.4 Å². The summed E-state index contributed by atoms with van der Waals surface area (Å²) >= 11 is 0. The van der Waals surface area contributed by atoms with E-state index in [4.69, 9.17) is 0 Å². The zero-order valence-electron chi connectivity index (χ0n) is 15.6. The van der Waals surface area contributed by atoms with Crippen molar-refractivity contribution in [3.63, 3.8) is 0 Å². The van der Waals surface area contributed by atoms with Gasteiger partial charge in [0.1, 0.15) is 5.75 Å². The molecular formula is C21H22F2N2O3. The first-order chi connectivity index (χ1) is 13.3. The van der Waals surface area contributed by atoms with Gasteiger partial charge < -0.3 is 15.4 Å². The van der Waals surface area contributed by atoms with E-state index in [9.17, 15) is 18.4 Å². The van der Waals surface area contributed by atoms with E-state index in [2.05, 4.69) is 15.4 Å². The minimum atomic E-state index is -2.90. The van der Waals surface area contributed by atoms with Gasteiger partial charge in [0.15, 0.2) is 0 Å². The number of nitrogens with one attached hydrogen (secondary N) is 2. The zero-order chi connectivity index (χ0) is 20.3. The van der Waals surface area contributed by atoms with E-state index in [1.807, 2.05) is 6.92 Å². The second-order valence-corrected chi connectivity index (χ2v) is 7.03. The van der Waals surface area contributed by atoms with Crippen molar-refractivity contribution in [3.8, 4) is 5.75 Å². The Morgan fingerprint density at radius 3 is 2.43 bits per heavy atom. The van der Waals surface area contributed by atoms with E-state index in [0.29, 0.717) is 22.7 Å². The molecule has 5 nitrogen and oxygen atoms in total. The molecule has 2 aromatic rings. The first-order valence-corrected chi connectivity index (χ1v) is 9.10. The summed E-state index contributed by atoms with van der Waals surface area (Å²) in [5, 5.41) is 5.66. The zero-order valence-corrected chi connectivity index (χ0v) is 15.6. The van der Waals surface area contributed by atoms with Crippen LogP contribution in [0.25, 0.3) is 0 Å². The van der Waals surface area contributed by atoms with Crippen LogP contribution in [0.15, 0.2) is 48.5 Å². The number of carbonyl (C=O) groups is 2. The highest BCUT2D eigenvalue weighted by molar-refractivity contribution is 5.97. The minimum Gasteiger partial charge on any atom is -0.435 e. The SMILES string of the molecule is CC(NC(=O)c1ccc(NC(=O)C2CC2C)cc1)c1cccc(OC(F)F)c1. The molecule has 0 radical (unpaired) electrons. The predicted octanol–water partition coefficient (Wildman–Crippen LogP) is 4.37. The number of halogens is 2. The average molecular weight is 388 g/mol. The van der Waals surface area contributed by atoms with E-state index in [-0.39, 0.29) is 23.5 Å². The van der Waals surface area contributed by atoms with Crippen molar-refractivity contribution in [1.29, 1.82) is 0 Å². The van der Waals surface area contributed by atoms with Crippen LogP contribution in [0, 0.1) is 11.8 Å². The van der Waals surface area contributed by atoms with E-state index >= 15 is 0 Å². The maximum absolute atomic E-state index is 12.4. The molecule has 148 valence electrons. The number of benzene rings is 2. The minimum absolute atomic E-state index is 0.00391. The van der Waals surface area contributed by atoms with Crippen molar-refractivity contribution in [3.05, 3.63) is 59.7 Å². The summed E-state index contributed by atoms with van der Waals surface area (Å²) in [6.45, 7) is 0.890. The number of anilines is 1. The van der Waals surface area contributed by atoms with Crippen LogP contribution in [0.3, 0.4) is 0 Å². The summed E-state index contributed by atoms with van der Waals surface area (Å²) < 4.78 is 29.1. The fourth-order valence-corrected chi connectivity index (χ4v) is 2.95. The maximum atomic E-state index is 12.4. The number of amides is 2. The Bertz CT molecular complexity index is 855. The lowest BCUT2D eigenvalue weighted by Gasteiger charge is -2.16. The molecule has 0 aliphatic heterocycles. The fourth-order valence-electron chi connectivity index (χ4n) is 2.95. The van der Waals surface area contributed by atoms with E-state index in [0.717, 1.165) is 6.42 Å². The molecule has 2 N–H and O–H groups in total. The molecule has 0 spiro atoms. The lowest BCUT2D eigenvalue weighted by molar-refractivity contribution is -0.117. The summed E-state index contributed by atoms with van der Waals surface area (Å²) in [7, 11) is 0. The average Bonchev–Trinajstić information content (AvgIpc) is 3.39. The first-order valence-electron chi connectivity index (χ1n) is 9.10. The van der Waals surface area contributed by atoms with E-state index in [1.54, 1.807) is 43.3 Å². The molecule has 0 saturated heterocycles. The Balaban J connectivity index is 1.58. The monoisotopic (exact) mass is 388 g/mol. The normalized spacial score (nSPS) is 19.0. The third-order valence-corrected chi connectivity index (χ3v) is 4.79. The molecule has 1 saturated carbocycles. The summed E-state index contributed by atoms with van der Waals surface area (Å²) in [5.41, 5.74) is 1.73. The first kappa shape index (κ1) is 19.8. The Kier molecular flexibility index (Phi) is 5.92. The van der Waals surface area contributed by atoms with Crippen LogP contribution in [-0.2, 0) is 4.79 Å². The van der Waals surface area contributed by atoms with Gasteiger partial charge in [-0.05, 0) is 61.2 Å². The molecule has 3 unspecified atom stereocenters. The highest BCUT2D eigenvalue weighted by Gasteiger charge is 2.39. The van der Waals surface area contributed by atoms with Crippen molar-refractivity contribution < 1.29 is 23.1 Å². The highest BCUT2D eigenvalue weighted by atomic mass is 19.3. The van der Waals surface area contributed by atoms with Gasteiger partial charge in [0.05, 0.1) is 6.04 Å². The van der Waals surface area contributed by atoms with Gasteiger partial charge in [-0.2, -0.15) is 8.78 Å². The smallest absolute Gasteiger partial charge is 0.387 e. The van der Waals surface area contributed by atoms with Crippen molar-refractivity contribution in [2.45, 2.75) is 32.9 Å². The van der Waals surface area contributed by atoms with Crippen molar-refractivity contribution in [1.82, 2.24) is 5.32 Å². The second kappa shape index (κ2) is 8.37. The third-order valence-electron chi connectivity index (χ3n) is 4.79. The van der Waals surface area contributed by atoms with Crippen LogP contribution in [0.5, 0.6) is 5.75 Å². The van der Waals surface area contributed by atoms with Gasteiger partial charge >= 0.3 is 6.61 Å². The van der Waals surface area contributed by atoms with E-state index < -0.39 is 12.7 Å². The van der Waals surface area contributed by atoms with Crippen LogP contribution in [0.1, 0.15) is 42.2 Å². The van der Waals surface area contributed by atoms with Gasteiger partial charge in [-0.15, -0.1) is 0 Å². The lowest BCUT2D eigenvalue weighted by atomic mass is 10.1. The molecule has 1 aliphatic carbocycles. The molecule has 28 heavy (non-hydrogen) atoms. The summed E-state index contributed by atoms with van der Waals surface area (Å²) in [5.74, 6) is 0.244. The molecule has 3 rings (SSSR count). The fraction of sp³-hybridized carbons (Fsp3) is 0.333. The molecule has 3 atom stereocenters. The van der Waals surface area contributed by atoms with Crippen LogP contribution >= 0.6 is 0 Å². The number of rotatable bonds is 7. The predicted molar refractivity (Wildman–Crippen MR) is 101 cm³/mol. The Morgan fingerprint density at radius 2 is 1.82 bits per heavy atom. The molecular weight excluding hydrogens is 366 g/mol. The maximum Gasteiger partial charge on any atom is 0.387 e. The van der Waals surface area contributed by atoms with Gasteiger partial charge in [0, 0.05) is 17.2 Å². The van der Waals surface area contributed by atoms with Gasteiger partial charge in [0.2, 0.25) is 5.91 Å². The van der Waals surface area contributed by atoms with Crippen LogP contribution in [0.4, 0.5) is 14.5 Å². The Morgan fingerprint density at radius 1 is 1.14 bits per heavy atom. The van der Waals surface area contributed by atoms with Crippen LogP contribution in [-0.4, -0.2) is 18.4 Å².